The van der Waals surface area contributed by atoms with E-state index in [9.17, 15) is 14.9 Å². The number of rotatable bonds is 6. The van der Waals surface area contributed by atoms with Crippen molar-refractivity contribution in [3.05, 3.63) is 34.0 Å². The Morgan fingerprint density at radius 2 is 2.27 bits per heavy atom. The molecule has 0 aromatic carbocycles. The SMILES string of the molecule is C/C=C/CCc1cc(N(C)C(=O)OCC)c([N+](=O)[O-])c(N)n1. The molecule has 0 aliphatic carbocycles. The fourth-order valence-electron chi connectivity index (χ4n) is 1.88. The third-order valence-corrected chi connectivity index (χ3v) is 2.94. The second-order valence-electron chi connectivity index (χ2n) is 4.49. The van der Waals surface area contributed by atoms with E-state index in [1.807, 2.05) is 19.1 Å². The van der Waals surface area contributed by atoms with Crippen LogP contribution in [-0.4, -0.2) is 29.7 Å². The van der Waals surface area contributed by atoms with Crippen molar-refractivity contribution in [1.82, 2.24) is 4.98 Å². The molecule has 1 heterocycles. The lowest BCUT2D eigenvalue weighted by Gasteiger charge is -2.17. The van der Waals surface area contributed by atoms with Crippen LogP contribution in [0, 0.1) is 10.1 Å². The summed E-state index contributed by atoms with van der Waals surface area (Å²) in [5.41, 5.74) is 5.94. The summed E-state index contributed by atoms with van der Waals surface area (Å²) < 4.78 is 4.86. The molecular formula is C14H20N4O4. The zero-order valence-electron chi connectivity index (χ0n) is 12.9. The van der Waals surface area contributed by atoms with Crippen LogP contribution in [0.2, 0.25) is 0 Å². The van der Waals surface area contributed by atoms with Gasteiger partial charge in [-0.05, 0) is 32.8 Å². The van der Waals surface area contributed by atoms with Crippen molar-refractivity contribution < 1.29 is 14.5 Å². The normalized spacial score (nSPS) is 10.7. The smallest absolute Gasteiger partial charge is 0.414 e. The third kappa shape index (κ3) is 4.18. The van der Waals surface area contributed by atoms with Gasteiger partial charge in [0.25, 0.3) is 0 Å². The number of carbonyl (C=O) groups excluding carboxylic acids is 1. The molecule has 0 unspecified atom stereocenters. The van der Waals surface area contributed by atoms with E-state index in [1.54, 1.807) is 6.92 Å². The quantitative estimate of drug-likeness (QED) is 0.491. The second kappa shape index (κ2) is 7.96. The maximum atomic E-state index is 11.8. The van der Waals surface area contributed by atoms with E-state index < -0.39 is 16.7 Å². The highest BCUT2D eigenvalue weighted by molar-refractivity contribution is 5.92. The molecule has 120 valence electrons. The van der Waals surface area contributed by atoms with Crippen molar-refractivity contribution in [2.24, 2.45) is 0 Å². The molecule has 0 radical (unpaired) electrons. The predicted octanol–water partition coefficient (Wildman–Crippen LogP) is 2.67. The molecule has 2 N–H and O–H groups in total. The number of nitrogens with zero attached hydrogens (tertiary/aromatic N) is 3. The summed E-state index contributed by atoms with van der Waals surface area (Å²) in [4.78, 5) is 27.5. The highest BCUT2D eigenvalue weighted by Crippen LogP contribution is 2.33. The summed E-state index contributed by atoms with van der Waals surface area (Å²) in [6, 6.07) is 1.49. The van der Waals surface area contributed by atoms with E-state index in [-0.39, 0.29) is 18.1 Å². The summed E-state index contributed by atoms with van der Waals surface area (Å²) in [7, 11) is 1.40. The zero-order valence-corrected chi connectivity index (χ0v) is 12.9. The van der Waals surface area contributed by atoms with E-state index in [1.165, 1.54) is 13.1 Å². The minimum Gasteiger partial charge on any atom is -0.449 e. The monoisotopic (exact) mass is 308 g/mol. The lowest BCUT2D eigenvalue weighted by Crippen LogP contribution is -2.28. The van der Waals surface area contributed by atoms with Crippen molar-refractivity contribution >= 4 is 23.3 Å². The average molecular weight is 308 g/mol. The van der Waals surface area contributed by atoms with Gasteiger partial charge in [-0.15, -0.1) is 0 Å². The number of ether oxygens (including phenoxy) is 1. The Kier molecular flexibility index (Phi) is 6.30. The molecule has 22 heavy (non-hydrogen) atoms. The maximum absolute atomic E-state index is 11.8. The van der Waals surface area contributed by atoms with Gasteiger partial charge in [-0.1, -0.05) is 12.2 Å². The Hall–Kier alpha value is -2.64. The second-order valence-corrected chi connectivity index (χ2v) is 4.49. The lowest BCUT2D eigenvalue weighted by molar-refractivity contribution is -0.383. The summed E-state index contributed by atoms with van der Waals surface area (Å²) in [6.07, 6.45) is 4.46. The highest BCUT2D eigenvalue weighted by atomic mass is 16.6. The molecule has 0 saturated heterocycles. The van der Waals surface area contributed by atoms with Gasteiger partial charge >= 0.3 is 11.8 Å². The van der Waals surface area contributed by atoms with Crippen molar-refractivity contribution in [1.29, 1.82) is 0 Å². The first-order chi connectivity index (χ1) is 10.4. The largest absolute Gasteiger partial charge is 0.449 e. The number of hydrogen-bond acceptors (Lipinski definition) is 6. The van der Waals surface area contributed by atoms with E-state index in [0.29, 0.717) is 12.1 Å². The Morgan fingerprint density at radius 1 is 1.59 bits per heavy atom. The number of nitrogens with two attached hydrogens (primary N) is 1. The number of amides is 1. The van der Waals surface area contributed by atoms with Crippen LogP contribution in [0.4, 0.5) is 22.0 Å². The summed E-state index contributed by atoms with van der Waals surface area (Å²) in [5.74, 6) is -0.214. The van der Waals surface area contributed by atoms with E-state index >= 15 is 0 Å². The molecule has 0 spiro atoms. The highest BCUT2D eigenvalue weighted by Gasteiger charge is 2.27. The fraction of sp³-hybridized carbons (Fsp3) is 0.429. The number of allylic oxidation sites excluding steroid dienone is 2. The number of hydrogen-bond donors (Lipinski definition) is 1. The van der Waals surface area contributed by atoms with Crippen LogP contribution in [0.1, 0.15) is 26.0 Å². The number of carbonyl (C=O) groups is 1. The Balaban J connectivity index is 3.24. The minimum absolute atomic E-state index is 0.0754. The molecule has 8 heteroatoms. The van der Waals surface area contributed by atoms with Crippen molar-refractivity contribution in [3.8, 4) is 0 Å². The minimum atomic E-state index is -0.685. The van der Waals surface area contributed by atoms with Gasteiger partial charge in [-0.2, -0.15) is 0 Å². The number of aromatic nitrogens is 1. The van der Waals surface area contributed by atoms with Crippen LogP contribution in [-0.2, 0) is 11.2 Å². The Morgan fingerprint density at radius 3 is 2.82 bits per heavy atom. The first kappa shape index (κ1) is 17.4. The molecule has 1 amide bonds. The predicted molar refractivity (Wildman–Crippen MR) is 83.9 cm³/mol. The van der Waals surface area contributed by atoms with Gasteiger partial charge in [-0.3, -0.25) is 15.0 Å². The maximum Gasteiger partial charge on any atom is 0.414 e. The number of aryl methyl sites for hydroxylation is 1. The Bertz CT molecular complexity index is 586. The lowest BCUT2D eigenvalue weighted by atomic mass is 10.1. The van der Waals surface area contributed by atoms with Crippen molar-refractivity contribution in [2.45, 2.75) is 26.7 Å². The summed E-state index contributed by atoms with van der Waals surface area (Å²) in [6.45, 7) is 3.73. The molecule has 0 bridgehead atoms. The molecule has 8 nitrogen and oxygen atoms in total. The number of nitro groups is 1. The van der Waals surface area contributed by atoms with Crippen molar-refractivity contribution in [3.63, 3.8) is 0 Å². The molecule has 0 aliphatic heterocycles. The van der Waals surface area contributed by atoms with Gasteiger partial charge in [0.05, 0.1) is 11.5 Å². The topological polar surface area (TPSA) is 112 Å². The number of nitrogen functional groups attached to an aromatic ring is 1. The standard InChI is InChI=1S/C14H20N4O4/c1-4-6-7-8-10-9-11(17(3)14(19)22-5-2)12(18(20)21)13(15)16-10/h4,6,9H,5,7-8H2,1-3H3,(H2,15,16)/b6-4+. The van der Waals surface area contributed by atoms with Crippen LogP contribution in [0.15, 0.2) is 18.2 Å². The fourth-order valence-corrected chi connectivity index (χ4v) is 1.88. The van der Waals surface area contributed by atoms with E-state index in [2.05, 4.69) is 4.98 Å². The molecule has 0 atom stereocenters. The summed E-state index contributed by atoms with van der Waals surface area (Å²) in [5, 5.41) is 11.2. The van der Waals surface area contributed by atoms with Gasteiger partial charge in [0.15, 0.2) is 0 Å². The first-order valence-corrected chi connectivity index (χ1v) is 6.87. The number of anilines is 2. The van der Waals surface area contributed by atoms with Gasteiger partial charge in [0.1, 0.15) is 5.69 Å². The van der Waals surface area contributed by atoms with Crippen LogP contribution >= 0.6 is 0 Å². The van der Waals surface area contributed by atoms with Crippen LogP contribution in [0.3, 0.4) is 0 Å². The molecule has 0 fully saturated rings. The first-order valence-electron chi connectivity index (χ1n) is 6.87. The van der Waals surface area contributed by atoms with Crippen LogP contribution in [0.25, 0.3) is 0 Å². The van der Waals surface area contributed by atoms with Crippen LogP contribution < -0.4 is 10.6 Å². The van der Waals surface area contributed by atoms with Gasteiger partial charge in [0.2, 0.25) is 5.82 Å². The van der Waals surface area contributed by atoms with E-state index in [0.717, 1.165) is 11.3 Å². The molecule has 1 aromatic heterocycles. The van der Waals surface area contributed by atoms with Gasteiger partial charge < -0.3 is 10.5 Å². The molecule has 1 rings (SSSR count). The van der Waals surface area contributed by atoms with Gasteiger partial charge in [0, 0.05) is 12.7 Å². The molecule has 0 aliphatic rings. The summed E-state index contributed by atoms with van der Waals surface area (Å²) >= 11 is 0. The molecule has 0 saturated carbocycles. The molecular weight excluding hydrogens is 288 g/mol. The van der Waals surface area contributed by atoms with Gasteiger partial charge in [-0.25, -0.2) is 9.78 Å². The Labute approximate surface area is 128 Å². The van der Waals surface area contributed by atoms with Crippen molar-refractivity contribution in [2.75, 3.05) is 24.3 Å². The number of pyridine rings is 1. The molecule has 1 aromatic rings. The zero-order chi connectivity index (χ0) is 16.7. The van der Waals surface area contributed by atoms with E-state index in [4.69, 9.17) is 10.5 Å². The third-order valence-electron chi connectivity index (χ3n) is 2.94. The average Bonchev–Trinajstić information content (AvgIpc) is 2.45. The van der Waals surface area contributed by atoms with Crippen LogP contribution in [0.5, 0.6) is 0 Å².